The van der Waals surface area contributed by atoms with Gasteiger partial charge in [0.05, 0.1) is 0 Å². The minimum absolute atomic E-state index is 0.134. The second kappa shape index (κ2) is 2.52. The Morgan fingerprint density at radius 1 is 1.25 bits per heavy atom. The third-order valence-electron chi connectivity index (χ3n) is 2.21. The van der Waals surface area contributed by atoms with Crippen LogP contribution in [0.2, 0.25) is 0 Å². The van der Waals surface area contributed by atoms with Crippen LogP contribution in [-0.4, -0.2) is 6.04 Å². The molecule has 1 nitrogen and oxygen atoms in total. The van der Waals surface area contributed by atoms with E-state index in [-0.39, 0.29) is 12.0 Å². The van der Waals surface area contributed by atoms with Gasteiger partial charge in [0.2, 0.25) is 0 Å². The molecule has 0 saturated heterocycles. The molecule has 1 aliphatic carbocycles. The van der Waals surface area contributed by atoms with Gasteiger partial charge in [-0.1, -0.05) is 6.07 Å². The third kappa shape index (κ3) is 1.20. The first-order valence-corrected chi connectivity index (χ1v) is 3.89. The van der Waals surface area contributed by atoms with E-state index in [0.29, 0.717) is 0 Å². The fourth-order valence-corrected chi connectivity index (χ4v) is 1.34. The Morgan fingerprint density at radius 3 is 2.42 bits per heavy atom. The zero-order valence-electron chi connectivity index (χ0n) is 6.43. The summed E-state index contributed by atoms with van der Waals surface area (Å²) in [4.78, 5) is 0. The highest BCUT2D eigenvalue weighted by molar-refractivity contribution is 5.28. The predicted octanol–water partition coefficient (Wildman–Crippen LogP) is 1.78. The molecule has 0 spiro atoms. The lowest BCUT2D eigenvalue weighted by atomic mass is 10.1. The Labute approximate surface area is 69.2 Å². The maximum Gasteiger partial charge on any atom is 0.159 e. The number of hydrogen-bond acceptors (Lipinski definition) is 1. The van der Waals surface area contributed by atoms with Crippen LogP contribution in [0, 0.1) is 11.6 Å². The Bertz CT molecular complexity index is 311. The minimum atomic E-state index is -0.798. The van der Waals surface area contributed by atoms with Crippen LogP contribution < -0.4 is 5.73 Å². The Hall–Kier alpha value is -0.960. The molecule has 0 amide bonds. The lowest BCUT2D eigenvalue weighted by Crippen LogP contribution is -2.01. The lowest BCUT2D eigenvalue weighted by Gasteiger charge is -1.98. The van der Waals surface area contributed by atoms with Crippen LogP contribution >= 0.6 is 0 Å². The van der Waals surface area contributed by atoms with Crippen LogP contribution in [0.1, 0.15) is 17.9 Å². The number of hydrogen-bond donors (Lipinski definition) is 1. The van der Waals surface area contributed by atoms with Crippen molar-refractivity contribution >= 4 is 0 Å². The molecule has 1 fully saturated rings. The summed E-state index contributed by atoms with van der Waals surface area (Å²) in [6, 6.07) is 4.10. The summed E-state index contributed by atoms with van der Waals surface area (Å²) in [6.07, 6.45) is 0.880. The van der Waals surface area contributed by atoms with E-state index < -0.39 is 11.6 Å². The first-order valence-electron chi connectivity index (χ1n) is 3.89. The average molecular weight is 169 g/mol. The lowest BCUT2D eigenvalue weighted by molar-refractivity contribution is 0.507. The molecule has 0 radical (unpaired) electrons. The smallest absolute Gasteiger partial charge is 0.159 e. The molecule has 0 aliphatic heterocycles. The average Bonchev–Trinajstić information content (AvgIpc) is 2.73. The molecule has 3 heteroatoms. The van der Waals surface area contributed by atoms with Crippen molar-refractivity contribution in [2.75, 3.05) is 0 Å². The first kappa shape index (κ1) is 7.68. The van der Waals surface area contributed by atoms with Gasteiger partial charge in [-0.25, -0.2) is 8.78 Å². The van der Waals surface area contributed by atoms with Crippen molar-refractivity contribution in [3.8, 4) is 0 Å². The van der Waals surface area contributed by atoms with Gasteiger partial charge in [0, 0.05) is 12.0 Å². The van der Waals surface area contributed by atoms with Gasteiger partial charge in [0.1, 0.15) is 0 Å². The highest BCUT2D eigenvalue weighted by Crippen LogP contribution is 2.39. The first-order chi connectivity index (χ1) is 5.68. The molecule has 64 valence electrons. The summed E-state index contributed by atoms with van der Waals surface area (Å²) in [6.45, 7) is 0. The Balaban J connectivity index is 2.29. The van der Waals surface area contributed by atoms with Gasteiger partial charge in [-0.2, -0.15) is 0 Å². The summed E-state index contributed by atoms with van der Waals surface area (Å²) in [5, 5.41) is 0. The molecule has 0 unspecified atom stereocenters. The quantitative estimate of drug-likeness (QED) is 0.681. The summed E-state index contributed by atoms with van der Waals surface area (Å²) < 4.78 is 25.2. The normalized spacial score (nSPS) is 27.2. The SMILES string of the molecule is N[C@@H]1C[C@@H]1c1ccc(F)c(F)c1. The van der Waals surface area contributed by atoms with Crippen molar-refractivity contribution in [2.45, 2.75) is 18.4 Å². The molecule has 1 aromatic rings. The minimum Gasteiger partial charge on any atom is -0.327 e. The number of benzene rings is 1. The molecular formula is C9H9F2N. The Kier molecular flexibility index (Phi) is 1.61. The van der Waals surface area contributed by atoms with Crippen LogP contribution in [0.25, 0.3) is 0 Å². The van der Waals surface area contributed by atoms with Gasteiger partial charge in [-0.15, -0.1) is 0 Å². The van der Waals surface area contributed by atoms with E-state index in [4.69, 9.17) is 5.73 Å². The van der Waals surface area contributed by atoms with Gasteiger partial charge in [-0.05, 0) is 24.1 Å². The molecule has 1 saturated carbocycles. The van der Waals surface area contributed by atoms with E-state index in [0.717, 1.165) is 18.1 Å². The van der Waals surface area contributed by atoms with E-state index in [1.54, 1.807) is 6.07 Å². The standard InChI is InChI=1S/C9H9F2N/c10-7-2-1-5(3-8(7)11)6-4-9(6)12/h1-3,6,9H,4,12H2/t6-,9-/m1/s1. The van der Waals surface area contributed by atoms with Crippen molar-refractivity contribution in [1.29, 1.82) is 0 Å². The van der Waals surface area contributed by atoms with Gasteiger partial charge >= 0.3 is 0 Å². The van der Waals surface area contributed by atoms with Crippen molar-refractivity contribution in [3.05, 3.63) is 35.4 Å². The van der Waals surface area contributed by atoms with Crippen LogP contribution in [-0.2, 0) is 0 Å². The summed E-state index contributed by atoms with van der Waals surface area (Å²) >= 11 is 0. The zero-order valence-corrected chi connectivity index (χ0v) is 6.43. The predicted molar refractivity (Wildman–Crippen MR) is 41.7 cm³/mol. The van der Waals surface area contributed by atoms with Crippen molar-refractivity contribution in [1.82, 2.24) is 0 Å². The van der Waals surface area contributed by atoms with Gasteiger partial charge in [-0.3, -0.25) is 0 Å². The van der Waals surface area contributed by atoms with E-state index in [9.17, 15) is 8.78 Å². The second-order valence-electron chi connectivity index (χ2n) is 3.18. The van der Waals surface area contributed by atoms with E-state index in [1.165, 1.54) is 6.07 Å². The summed E-state index contributed by atoms with van der Waals surface area (Å²) in [5.41, 5.74) is 6.38. The Morgan fingerprint density at radius 2 is 1.92 bits per heavy atom. The van der Waals surface area contributed by atoms with Gasteiger partial charge < -0.3 is 5.73 Å². The second-order valence-corrected chi connectivity index (χ2v) is 3.18. The molecule has 0 aromatic heterocycles. The molecular weight excluding hydrogens is 160 g/mol. The third-order valence-corrected chi connectivity index (χ3v) is 2.21. The number of halogens is 2. The summed E-state index contributed by atoms with van der Waals surface area (Å²) in [7, 11) is 0. The van der Waals surface area contributed by atoms with Crippen LogP contribution in [0.3, 0.4) is 0 Å². The highest BCUT2D eigenvalue weighted by atomic mass is 19.2. The van der Waals surface area contributed by atoms with Crippen molar-refractivity contribution < 1.29 is 8.78 Å². The number of rotatable bonds is 1. The van der Waals surface area contributed by atoms with Gasteiger partial charge in [0.25, 0.3) is 0 Å². The van der Waals surface area contributed by atoms with Crippen molar-refractivity contribution in [3.63, 3.8) is 0 Å². The maximum atomic E-state index is 12.7. The fourth-order valence-electron chi connectivity index (χ4n) is 1.34. The molecule has 1 aliphatic rings. The van der Waals surface area contributed by atoms with Crippen LogP contribution in [0.15, 0.2) is 18.2 Å². The molecule has 12 heavy (non-hydrogen) atoms. The van der Waals surface area contributed by atoms with E-state index in [2.05, 4.69) is 0 Å². The van der Waals surface area contributed by atoms with E-state index in [1.807, 2.05) is 0 Å². The maximum absolute atomic E-state index is 12.7. The van der Waals surface area contributed by atoms with Crippen LogP contribution in [0.5, 0.6) is 0 Å². The molecule has 1 aromatic carbocycles. The molecule has 2 N–H and O–H groups in total. The number of nitrogens with two attached hydrogens (primary N) is 1. The van der Waals surface area contributed by atoms with Gasteiger partial charge in [0.15, 0.2) is 11.6 Å². The fraction of sp³-hybridized carbons (Fsp3) is 0.333. The van der Waals surface area contributed by atoms with Crippen LogP contribution in [0.4, 0.5) is 8.78 Å². The van der Waals surface area contributed by atoms with E-state index >= 15 is 0 Å². The zero-order chi connectivity index (χ0) is 8.72. The topological polar surface area (TPSA) is 26.0 Å². The molecule has 2 rings (SSSR count). The van der Waals surface area contributed by atoms with Crippen molar-refractivity contribution in [2.24, 2.45) is 5.73 Å². The molecule has 0 bridgehead atoms. The molecule has 0 heterocycles. The summed E-state index contributed by atoms with van der Waals surface area (Å²) in [5.74, 6) is -1.35. The largest absolute Gasteiger partial charge is 0.327 e. The monoisotopic (exact) mass is 169 g/mol. The highest BCUT2D eigenvalue weighted by Gasteiger charge is 2.35. The molecule has 2 atom stereocenters.